The third-order valence-corrected chi connectivity index (χ3v) is 4.72. The second kappa shape index (κ2) is 8.87. The predicted molar refractivity (Wildman–Crippen MR) is 115 cm³/mol. The van der Waals surface area contributed by atoms with Crippen LogP contribution in [0.1, 0.15) is 26.5 Å². The van der Waals surface area contributed by atoms with E-state index in [0.717, 1.165) is 5.75 Å². The maximum Gasteiger partial charge on any atom is 0.231 e. The quantitative estimate of drug-likeness (QED) is 0.593. The van der Waals surface area contributed by atoms with Crippen LogP contribution in [-0.4, -0.2) is 16.8 Å². The molecule has 0 unspecified atom stereocenters. The molecule has 2 amide bonds. The Bertz CT molecular complexity index is 977. The van der Waals surface area contributed by atoms with Crippen molar-refractivity contribution in [3.8, 4) is 11.5 Å². The number of aromatic nitrogens is 1. The Morgan fingerprint density at radius 1 is 0.966 bits per heavy atom. The summed E-state index contributed by atoms with van der Waals surface area (Å²) in [5.41, 5.74) is 0.784. The maximum atomic E-state index is 12.3. The lowest BCUT2D eigenvalue weighted by molar-refractivity contribution is -0.123. The molecule has 7 heteroatoms. The van der Waals surface area contributed by atoms with Crippen molar-refractivity contribution in [2.24, 2.45) is 5.41 Å². The van der Waals surface area contributed by atoms with E-state index >= 15 is 0 Å². The standard InChI is InChI=1S/C22H23N3O3S/c1-22(2,3)20(27)25-21-24-16(14-29-21)13-19(26)23-15-9-11-18(12-10-15)28-17-7-5-4-6-8-17/h4-12,14H,13H2,1-3H3,(H,23,26)(H,24,25,27). The summed E-state index contributed by atoms with van der Waals surface area (Å²) in [7, 11) is 0. The number of carbonyl (C=O) groups is 2. The summed E-state index contributed by atoms with van der Waals surface area (Å²) < 4.78 is 5.74. The average molecular weight is 410 g/mol. The van der Waals surface area contributed by atoms with Gasteiger partial charge in [-0.05, 0) is 36.4 Å². The van der Waals surface area contributed by atoms with Crippen molar-refractivity contribution in [1.29, 1.82) is 0 Å². The van der Waals surface area contributed by atoms with Gasteiger partial charge < -0.3 is 15.4 Å². The molecule has 150 valence electrons. The smallest absolute Gasteiger partial charge is 0.231 e. The highest BCUT2D eigenvalue weighted by molar-refractivity contribution is 7.13. The van der Waals surface area contributed by atoms with Gasteiger partial charge in [-0.3, -0.25) is 9.59 Å². The van der Waals surface area contributed by atoms with Gasteiger partial charge in [-0.15, -0.1) is 11.3 Å². The number of carbonyl (C=O) groups excluding carboxylic acids is 2. The predicted octanol–water partition coefficient (Wildman–Crippen LogP) is 5.10. The Labute approximate surface area is 173 Å². The summed E-state index contributed by atoms with van der Waals surface area (Å²) in [4.78, 5) is 28.6. The Morgan fingerprint density at radius 2 is 1.62 bits per heavy atom. The molecule has 29 heavy (non-hydrogen) atoms. The minimum atomic E-state index is -0.500. The van der Waals surface area contributed by atoms with Crippen molar-refractivity contribution in [3.05, 3.63) is 65.7 Å². The van der Waals surface area contributed by atoms with Gasteiger partial charge in [0.05, 0.1) is 12.1 Å². The van der Waals surface area contributed by atoms with Crippen LogP contribution in [0.2, 0.25) is 0 Å². The number of thiazole rings is 1. The monoisotopic (exact) mass is 409 g/mol. The van der Waals surface area contributed by atoms with E-state index in [1.54, 1.807) is 29.6 Å². The van der Waals surface area contributed by atoms with Crippen LogP contribution in [0.3, 0.4) is 0 Å². The van der Waals surface area contributed by atoms with Gasteiger partial charge in [0.1, 0.15) is 11.5 Å². The van der Waals surface area contributed by atoms with E-state index in [4.69, 9.17) is 4.74 Å². The van der Waals surface area contributed by atoms with Crippen molar-refractivity contribution in [2.75, 3.05) is 10.6 Å². The molecule has 1 heterocycles. The minimum Gasteiger partial charge on any atom is -0.457 e. The molecule has 1 aromatic heterocycles. The topological polar surface area (TPSA) is 80.3 Å². The van der Waals surface area contributed by atoms with Crippen LogP contribution < -0.4 is 15.4 Å². The molecular formula is C22H23N3O3S. The average Bonchev–Trinajstić information content (AvgIpc) is 3.10. The number of nitrogens with one attached hydrogen (secondary N) is 2. The lowest BCUT2D eigenvalue weighted by Crippen LogP contribution is -2.27. The lowest BCUT2D eigenvalue weighted by Gasteiger charge is -2.15. The van der Waals surface area contributed by atoms with Gasteiger partial charge >= 0.3 is 0 Å². The molecule has 0 aliphatic heterocycles. The minimum absolute atomic E-state index is 0.110. The summed E-state index contributed by atoms with van der Waals surface area (Å²) >= 11 is 1.31. The Kier molecular flexibility index (Phi) is 6.29. The highest BCUT2D eigenvalue weighted by atomic mass is 32.1. The number of hydrogen-bond donors (Lipinski definition) is 2. The fraction of sp³-hybridized carbons (Fsp3) is 0.227. The van der Waals surface area contributed by atoms with E-state index in [1.165, 1.54) is 11.3 Å². The third-order valence-electron chi connectivity index (χ3n) is 3.91. The van der Waals surface area contributed by atoms with Gasteiger partial charge in [-0.1, -0.05) is 39.0 Å². The van der Waals surface area contributed by atoms with Crippen LogP contribution >= 0.6 is 11.3 Å². The first-order chi connectivity index (χ1) is 13.8. The first-order valence-electron chi connectivity index (χ1n) is 9.18. The second-order valence-electron chi connectivity index (χ2n) is 7.51. The van der Waals surface area contributed by atoms with E-state index in [9.17, 15) is 9.59 Å². The molecule has 2 N–H and O–H groups in total. The number of para-hydroxylation sites is 1. The molecule has 0 bridgehead atoms. The molecule has 0 saturated heterocycles. The summed E-state index contributed by atoms with van der Waals surface area (Å²) in [6, 6.07) is 16.7. The zero-order valence-corrected chi connectivity index (χ0v) is 17.4. The van der Waals surface area contributed by atoms with Crippen LogP contribution in [0.5, 0.6) is 11.5 Å². The normalized spacial score (nSPS) is 11.0. The Balaban J connectivity index is 1.52. The molecule has 3 rings (SSSR count). The van der Waals surface area contributed by atoms with Gasteiger partial charge in [0.15, 0.2) is 5.13 Å². The van der Waals surface area contributed by atoms with E-state index in [2.05, 4.69) is 15.6 Å². The molecule has 0 aliphatic rings. The Hall–Kier alpha value is -3.19. The summed E-state index contributed by atoms with van der Waals surface area (Å²) in [6.07, 6.45) is 0.129. The first-order valence-corrected chi connectivity index (χ1v) is 10.1. The molecule has 0 atom stereocenters. The Morgan fingerprint density at radius 3 is 2.28 bits per heavy atom. The van der Waals surface area contributed by atoms with Crippen LogP contribution in [0.15, 0.2) is 60.0 Å². The van der Waals surface area contributed by atoms with E-state index in [0.29, 0.717) is 22.3 Å². The largest absolute Gasteiger partial charge is 0.457 e. The van der Waals surface area contributed by atoms with Crippen molar-refractivity contribution in [2.45, 2.75) is 27.2 Å². The second-order valence-corrected chi connectivity index (χ2v) is 8.37. The zero-order valence-electron chi connectivity index (χ0n) is 16.6. The van der Waals surface area contributed by atoms with Gasteiger partial charge in [0, 0.05) is 16.5 Å². The number of amides is 2. The van der Waals surface area contributed by atoms with Crippen LogP contribution in [0.4, 0.5) is 10.8 Å². The van der Waals surface area contributed by atoms with E-state index < -0.39 is 5.41 Å². The molecule has 0 saturated carbocycles. The summed E-state index contributed by atoms with van der Waals surface area (Å²) in [5, 5.41) is 7.88. The SMILES string of the molecule is CC(C)(C)C(=O)Nc1nc(CC(=O)Nc2ccc(Oc3ccccc3)cc2)cs1. The first kappa shape index (κ1) is 20.5. The number of hydrogen-bond acceptors (Lipinski definition) is 5. The highest BCUT2D eigenvalue weighted by Crippen LogP contribution is 2.23. The lowest BCUT2D eigenvalue weighted by atomic mass is 9.96. The van der Waals surface area contributed by atoms with Crippen molar-refractivity contribution in [1.82, 2.24) is 4.98 Å². The third kappa shape index (κ3) is 6.15. The molecule has 2 aromatic carbocycles. The van der Waals surface area contributed by atoms with Gasteiger partial charge in [0.25, 0.3) is 0 Å². The molecular weight excluding hydrogens is 386 g/mol. The van der Waals surface area contributed by atoms with Gasteiger partial charge in [-0.2, -0.15) is 0 Å². The fourth-order valence-electron chi connectivity index (χ4n) is 2.33. The van der Waals surface area contributed by atoms with Crippen LogP contribution in [0.25, 0.3) is 0 Å². The molecule has 6 nitrogen and oxygen atoms in total. The maximum absolute atomic E-state index is 12.3. The van der Waals surface area contributed by atoms with Crippen molar-refractivity contribution < 1.29 is 14.3 Å². The van der Waals surface area contributed by atoms with Gasteiger partial charge in [0.2, 0.25) is 11.8 Å². The van der Waals surface area contributed by atoms with E-state index in [-0.39, 0.29) is 18.2 Å². The number of nitrogens with zero attached hydrogens (tertiary/aromatic N) is 1. The number of ether oxygens (including phenoxy) is 1. The zero-order chi connectivity index (χ0) is 20.9. The number of anilines is 2. The fourth-order valence-corrected chi connectivity index (χ4v) is 3.04. The number of rotatable bonds is 6. The molecule has 0 spiro atoms. The molecule has 0 fully saturated rings. The van der Waals surface area contributed by atoms with E-state index in [1.807, 2.05) is 51.1 Å². The van der Waals surface area contributed by atoms with Gasteiger partial charge in [-0.25, -0.2) is 4.98 Å². The molecule has 0 aliphatic carbocycles. The summed E-state index contributed by atoms with van der Waals surface area (Å²) in [5.74, 6) is 1.15. The van der Waals surface area contributed by atoms with Crippen molar-refractivity contribution >= 4 is 34.0 Å². The van der Waals surface area contributed by atoms with Crippen molar-refractivity contribution in [3.63, 3.8) is 0 Å². The molecule has 3 aromatic rings. The molecule has 0 radical (unpaired) electrons. The highest BCUT2D eigenvalue weighted by Gasteiger charge is 2.22. The van der Waals surface area contributed by atoms with Crippen LogP contribution in [0, 0.1) is 5.41 Å². The number of benzene rings is 2. The summed E-state index contributed by atoms with van der Waals surface area (Å²) in [6.45, 7) is 5.50. The van der Waals surface area contributed by atoms with Crippen LogP contribution in [-0.2, 0) is 16.0 Å².